The molecule has 4 heteroatoms. The average molecular weight is 217 g/mol. The molecule has 0 aliphatic rings. The Bertz CT molecular complexity index is 431. The number of pyridine rings is 1. The molecule has 0 saturated carbocycles. The monoisotopic (exact) mass is 217 g/mol. The number of hydrogen-bond donors (Lipinski definition) is 1. The van der Waals surface area contributed by atoms with Crippen molar-refractivity contribution >= 4 is 0 Å². The molecular formula is C12H15N3O. The minimum Gasteiger partial charge on any atom is -0.444 e. The molecule has 16 heavy (non-hydrogen) atoms. The van der Waals surface area contributed by atoms with E-state index in [0.29, 0.717) is 6.54 Å². The molecule has 0 saturated heterocycles. The molecule has 2 aromatic rings. The van der Waals surface area contributed by atoms with E-state index in [0.717, 1.165) is 29.5 Å². The van der Waals surface area contributed by atoms with Gasteiger partial charge in [-0.1, -0.05) is 6.07 Å². The third kappa shape index (κ3) is 2.67. The van der Waals surface area contributed by atoms with E-state index in [9.17, 15) is 0 Å². The summed E-state index contributed by atoms with van der Waals surface area (Å²) in [6, 6.07) is 3.96. The highest BCUT2D eigenvalue weighted by Gasteiger charge is 2.04. The molecule has 0 aromatic carbocycles. The zero-order valence-corrected chi connectivity index (χ0v) is 9.53. The summed E-state index contributed by atoms with van der Waals surface area (Å²) in [5.74, 6) is 1.62. The Hall–Kier alpha value is -1.68. The van der Waals surface area contributed by atoms with Crippen molar-refractivity contribution in [3.63, 3.8) is 0 Å². The van der Waals surface area contributed by atoms with Gasteiger partial charge in [-0.05, 0) is 25.5 Å². The Morgan fingerprint density at radius 1 is 1.31 bits per heavy atom. The first-order chi connectivity index (χ1) is 7.75. The van der Waals surface area contributed by atoms with Gasteiger partial charge >= 0.3 is 0 Å². The number of aryl methyl sites for hydroxylation is 2. The Labute approximate surface area is 94.7 Å². The molecule has 1 N–H and O–H groups in total. The fraction of sp³-hybridized carbons (Fsp3) is 0.333. The summed E-state index contributed by atoms with van der Waals surface area (Å²) in [7, 11) is 0. The van der Waals surface area contributed by atoms with E-state index in [1.165, 1.54) is 0 Å². The van der Waals surface area contributed by atoms with Gasteiger partial charge in [-0.25, -0.2) is 4.98 Å². The fourth-order valence-electron chi connectivity index (χ4n) is 1.43. The van der Waals surface area contributed by atoms with Gasteiger partial charge in [-0.15, -0.1) is 0 Å². The second-order valence-electron chi connectivity index (χ2n) is 3.71. The molecule has 2 rings (SSSR count). The molecule has 0 spiro atoms. The number of aromatic nitrogens is 2. The summed E-state index contributed by atoms with van der Waals surface area (Å²) in [5, 5.41) is 3.26. The molecule has 0 unspecified atom stereocenters. The Balaban J connectivity index is 1.84. The number of nitrogens with one attached hydrogen (secondary N) is 1. The highest BCUT2D eigenvalue weighted by atomic mass is 16.4. The van der Waals surface area contributed by atoms with Crippen LogP contribution in [0, 0.1) is 13.8 Å². The molecule has 0 bridgehead atoms. The van der Waals surface area contributed by atoms with Crippen LogP contribution in [-0.4, -0.2) is 9.97 Å². The molecule has 0 aliphatic heterocycles. The van der Waals surface area contributed by atoms with E-state index in [1.807, 2.05) is 32.2 Å². The summed E-state index contributed by atoms with van der Waals surface area (Å²) in [6.45, 7) is 5.29. The number of nitrogens with zero attached hydrogens (tertiary/aromatic N) is 2. The zero-order valence-electron chi connectivity index (χ0n) is 9.53. The maximum atomic E-state index is 5.46. The molecule has 84 valence electrons. The fourth-order valence-corrected chi connectivity index (χ4v) is 1.43. The van der Waals surface area contributed by atoms with Gasteiger partial charge in [0.15, 0.2) is 0 Å². The van der Waals surface area contributed by atoms with Crippen LogP contribution >= 0.6 is 0 Å². The molecule has 0 amide bonds. The Morgan fingerprint density at radius 3 is 2.81 bits per heavy atom. The average Bonchev–Trinajstić information content (AvgIpc) is 2.60. The van der Waals surface area contributed by atoms with Crippen molar-refractivity contribution in [1.29, 1.82) is 0 Å². The number of oxazole rings is 1. The molecule has 2 heterocycles. The lowest BCUT2D eigenvalue weighted by Crippen LogP contribution is -2.12. The van der Waals surface area contributed by atoms with Crippen LogP contribution in [-0.2, 0) is 13.1 Å². The molecule has 2 aromatic heterocycles. The normalized spacial score (nSPS) is 10.6. The first kappa shape index (κ1) is 10.8. The van der Waals surface area contributed by atoms with Crippen LogP contribution in [0.4, 0.5) is 0 Å². The van der Waals surface area contributed by atoms with Crippen LogP contribution in [0.3, 0.4) is 0 Å². The predicted octanol–water partition coefficient (Wildman–Crippen LogP) is 1.98. The highest BCUT2D eigenvalue weighted by Crippen LogP contribution is 2.07. The van der Waals surface area contributed by atoms with Crippen molar-refractivity contribution in [3.8, 4) is 0 Å². The van der Waals surface area contributed by atoms with E-state index < -0.39 is 0 Å². The van der Waals surface area contributed by atoms with Crippen molar-refractivity contribution in [2.45, 2.75) is 26.9 Å². The first-order valence-electron chi connectivity index (χ1n) is 5.28. The largest absolute Gasteiger partial charge is 0.444 e. The van der Waals surface area contributed by atoms with E-state index in [1.54, 1.807) is 6.20 Å². The van der Waals surface area contributed by atoms with Crippen LogP contribution in [0.2, 0.25) is 0 Å². The molecule has 0 radical (unpaired) electrons. The maximum Gasteiger partial charge on any atom is 0.208 e. The van der Waals surface area contributed by atoms with Gasteiger partial charge < -0.3 is 9.73 Å². The van der Waals surface area contributed by atoms with E-state index >= 15 is 0 Å². The smallest absolute Gasteiger partial charge is 0.208 e. The summed E-state index contributed by atoms with van der Waals surface area (Å²) in [5.41, 5.74) is 2.11. The van der Waals surface area contributed by atoms with Crippen molar-refractivity contribution in [1.82, 2.24) is 15.3 Å². The Kier molecular flexibility index (Phi) is 3.31. The lowest BCUT2D eigenvalue weighted by molar-refractivity contribution is 0.448. The molecule has 4 nitrogen and oxygen atoms in total. The minimum atomic E-state index is 0.642. The Morgan fingerprint density at radius 2 is 2.19 bits per heavy atom. The first-order valence-corrected chi connectivity index (χ1v) is 5.28. The summed E-state index contributed by atoms with van der Waals surface area (Å²) in [6.07, 6.45) is 3.61. The predicted molar refractivity (Wildman–Crippen MR) is 60.8 cm³/mol. The van der Waals surface area contributed by atoms with Crippen LogP contribution < -0.4 is 5.32 Å². The second-order valence-corrected chi connectivity index (χ2v) is 3.71. The quantitative estimate of drug-likeness (QED) is 0.850. The van der Waals surface area contributed by atoms with E-state index in [-0.39, 0.29) is 0 Å². The van der Waals surface area contributed by atoms with Crippen LogP contribution in [0.1, 0.15) is 22.9 Å². The van der Waals surface area contributed by atoms with Gasteiger partial charge in [-0.3, -0.25) is 4.98 Å². The van der Waals surface area contributed by atoms with Crippen molar-refractivity contribution < 1.29 is 4.42 Å². The maximum absolute atomic E-state index is 5.46. The van der Waals surface area contributed by atoms with E-state index in [4.69, 9.17) is 4.42 Å². The van der Waals surface area contributed by atoms with E-state index in [2.05, 4.69) is 15.3 Å². The van der Waals surface area contributed by atoms with Gasteiger partial charge in [-0.2, -0.15) is 0 Å². The highest BCUT2D eigenvalue weighted by molar-refractivity contribution is 5.08. The molecule has 0 aliphatic carbocycles. The SMILES string of the molecule is Cc1nc(CNCc2cccnc2)oc1C. The van der Waals surface area contributed by atoms with Crippen molar-refractivity contribution in [3.05, 3.63) is 47.4 Å². The van der Waals surface area contributed by atoms with Crippen molar-refractivity contribution in [2.24, 2.45) is 0 Å². The summed E-state index contributed by atoms with van der Waals surface area (Å²) < 4.78 is 5.46. The van der Waals surface area contributed by atoms with Gasteiger partial charge in [0, 0.05) is 18.9 Å². The molecule has 0 fully saturated rings. The van der Waals surface area contributed by atoms with Gasteiger partial charge in [0.05, 0.1) is 12.2 Å². The van der Waals surface area contributed by atoms with Crippen LogP contribution in [0.25, 0.3) is 0 Å². The van der Waals surface area contributed by atoms with Crippen LogP contribution in [0.15, 0.2) is 28.9 Å². The van der Waals surface area contributed by atoms with Crippen LogP contribution in [0.5, 0.6) is 0 Å². The number of hydrogen-bond acceptors (Lipinski definition) is 4. The lowest BCUT2D eigenvalue weighted by atomic mass is 10.3. The van der Waals surface area contributed by atoms with Gasteiger partial charge in [0.25, 0.3) is 0 Å². The molecule has 0 atom stereocenters. The molecular weight excluding hydrogens is 202 g/mol. The van der Waals surface area contributed by atoms with Crippen molar-refractivity contribution in [2.75, 3.05) is 0 Å². The van der Waals surface area contributed by atoms with Gasteiger partial charge in [0.2, 0.25) is 5.89 Å². The zero-order chi connectivity index (χ0) is 11.4. The lowest BCUT2D eigenvalue weighted by Gasteiger charge is -2.00. The second kappa shape index (κ2) is 4.90. The minimum absolute atomic E-state index is 0.642. The third-order valence-electron chi connectivity index (χ3n) is 2.40. The summed E-state index contributed by atoms with van der Waals surface area (Å²) >= 11 is 0. The standard InChI is InChI=1S/C12H15N3O/c1-9-10(2)16-12(15-9)8-14-7-11-4-3-5-13-6-11/h3-6,14H,7-8H2,1-2H3. The third-order valence-corrected chi connectivity index (χ3v) is 2.40. The summed E-state index contributed by atoms with van der Waals surface area (Å²) in [4.78, 5) is 8.35. The number of rotatable bonds is 4. The topological polar surface area (TPSA) is 51.0 Å². The van der Waals surface area contributed by atoms with Gasteiger partial charge in [0.1, 0.15) is 5.76 Å².